The molecule has 0 unspecified atom stereocenters. The van der Waals surface area contributed by atoms with E-state index in [2.05, 4.69) is 11.4 Å². The van der Waals surface area contributed by atoms with Crippen LogP contribution in [-0.2, 0) is 16.6 Å². The molecule has 2 heterocycles. The molecule has 1 aromatic heterocycles. The summed E-state index contributed by atoms with van der Waals surface area (Å²) in [5.41, 5.74) is 1.86. The predicted octanol–water partition coefficient (Wildman–Crippen LogP) is 2.96. The Labute approximate surface area is 177 Å². The van der Waals surface area contributed by atoms with Gasteiger partial charge in [-0.25, -0.2) is 0 Å². The van der Waals surface area contributed by atoms with E-state index < -0.39 is 0 Å². The minimum atomic E-state index is 0.000145. The lowest BCUT2D eigenvalue weighted by Gasteiger charge is -2.38. The van der Waals surface area contributed by atoms with Crippen LogP contribution in [0.25, 0.3) is 10.9 Å². The summed E-state index contributed by atoms with van der Waals surface area (Å²) < 4.78 is 8.28. The van der Waals surface area contributed by atoms with Gasteiger partial charge in [0.05, 0.1) is 17.7 Å². The standard InChI is InChI=1S/C24H31N3O3/c1-15(28)25-21-9-17-11-27(12-18(17)10-23(21)30-14-16-7-8-16)24(29)20-13-26(2)22-6-4-3-5-19(20)22/h3-6,13,16-18,21,23H,7-12,14H2,1-2H3,(H,25,28)/t17-,18+,21-,23-/m1/s1. The fourth-order valence-electron chi connectivity index (χ4n) is 5.40. The first-order valence-corrected chi connectivity index (χ1v) is 11.2. The molecule has 30 heavy (non-hydrogen) atoms. The average molecular weight is 410 g/mol. The quantitative estimate of drug-likeness (QED) is 0.826. The molecule has 5 rings (SSSR count). The fourth-order valence-corrected chi connectivity index (χ4v) is 5.40. The highest BCUT2D eigenvalue weighted by atomic mass is 16.5. The first kappa shape index (κ1) is 19.6. The second-order valence-electron chi connectivity index (χ2n) is 9.49. The van der Waals surface area contributed by atoms with Crippen molar-refractivity contribution < 1.29 is 14.3 Å². The number of likely N-dealkylation sites (tertiary alicyclic amines) is 1. The van der Waals surface area contributed by atoms with E-state index in [4.69, 9.17) is 4.74 Å². The van der Waals surface area contributed by atoms with Gasteiger partial charge in [-0.1, -0.05) is 18.2 Å². The zero-order valence-corrected chi connectivity index (χ0v) is 17.8. The van der Waals surface area contributed by atoms with E-state index in [1.165, 1.54) is 12.8 Å². The summed E-state index contributed by atoms with van der Waals surface area (Å²) in [5, 5.41) is 4.14. The third kappa shape index (κ3) is 3.73. The largest absolute Gasteiger partial charge is 0.376 e. The number of benzene rings is 1. The maximum absolute atomic E-state index is 13.4. The zero-order valence-electron chi connectivity index (χ0n) is 17.8. The minimum Gasteiger partial charge on any atom is -0.376 e. The Bertz CT molecular complexity index is 964. The zero-order chi connectivity index (χ0) is 20.8. The summed E-state index contributed by atoms with van der Waals surface area (Å²) in [6.45, 7) is 3.92. The van der Waals surface area contributed by atoms with Gasteiger partial charge in [0.2, 0.25) is 5.91 Å². The summed E-state index contributed by atoms with van der Waals surface area (Å²) in [6, 6.07) is 8.12. The number of nitrogens with zero attached hydrogens (tertiary/aromatic N) is 2. The third-order valence-corrected chi connectivity index (χ3v) is 7.16. The van der Waals surface area contributed by atoms with Crippen molar-refractivity contribution in [2.75, 3.05) is 19.7 Å². The highest BCUT2D eigenvalue weighted by Crippen LogP contribution is 2.39. The van der Waals surface area contributed by atoms with E-state index in [-0.39, 0.29) is 24.0 Å². The molecule has 6 nitrogen and oxygen atoms in total. The summed E-state index contributed by atoms with van der Waals surface area (Å²) in [4.78, 5) is 27.2. The molecule has 3 fully saturated rings. The number of rotatable bonds is 5. The summed E-state index contributed by atoms with van der Waals surface area (Å²) in [5.74, 6) is 1.68. The van der Waals surface area contributed by atoms with Crippen molar-refractivity contribution in [3.8, 4) is 0 Å². The van der Waals surface area contributed by atoms with Crippen LogP contribution in [0.1, 0.15) is 43.0 Å². The highest BCUT2D eigenvalue weighted by molar-refractivity contribution is 6.07. The van der Waals surface area contributed by atoms with Gasteiger partial charge in [0.1, 0.15) is 0 Å². The van der Waals surface area contributed by atoms with E-state index in [0.717, 1.165) is 49.0 Å². The molecule has 1 aromatic carbocycles. The predicted molar refractivity (Wildman–Crippen MR) is 115 cm³/mol. The van der Waals surface area contributed by atoms with Crippen molar-refractivity contribution in [3.63, 3.8) is 0 Å². The van der Waals surface area contributed by atoms with E-state index in [1.807, 2.05) is 40.9 Å². The lowest BCUT2D eigenvalue weighted by Crippen LogP contribution is -2.50. The Kier molecular flexibility index (Phi) is 5.05. The van der Waals surface area contributed by atoms with Crippen molar-refractivity contribution in [1.82, 2.24) is 14.8 Å². The van der Waals surface area contributed by atoms with E-state index in [9.17, 15) is 9.59 Å². The molecule has 4 atom stereocenters. The number of carbonyl (C=O) groups is 2. The number of fused-ring (bicyclic) bond motifs is 2. The monoisotopic (exact) mass is 409 g/mol. The summed E-state index contributed by atoms with van der Waals surface area (Å²) in [6.07, 6.45) is 6.34. The normalized spacial score (nSPS) is 28.5. The van der Waals surface area contributed by atoms with Crippen LogP contribution in [-0.4, -0.2) is 53.1 Å². The number of hydrogen-bond donors (Lipinski definition) is 1. The molecule has 1 N–H and O–H groups in total. The van der Waals surface area contributed by atoms with Gasteiger partial charge in [-0.15, -0.1) is 0 Å². The molecular formula is C24H31N3O3. The first-order chi connectivity index (χ1) is 14.5. The van der Waals surface area contributed by atoms with Gasteiger partial charge in [-0.05, 0) is 49.5 Å². The Morgan fingerprint density at radius 3 is 2.60 bits per heavy atom. The van der Waals surface area contributed by atoms with Crippen LogP contribution in [0, 0.1) is 17.8 Å². The topological polar surface area (TPSA) is 63.6 Å². The van der Waals surface area contributed by atoms with Crippen molar-refractivity contribution in [2.45, 2.75) is 44.8 Å². The van der Waals surface area contributed by atoms with Gasteiger partial charge in [0.15, 0.2) is 0 Å². The van der Waals surface area contributed by atoms with Gasteiger partial charge >= 0.3 is 0 Å². The molecule has 160 valence electrons. The number of aromatic nitrogens is 1. The molecule has 0 bridgehead atoms. The smallest absolute Gasteiger partial charge is 0.256 e. The number of carbonyl (C=O) groups excluding carboxylic acids is 2. The van der Waals surface area contributed by atoms with Crippen LogP contribution in [0.15, 0.2) is 30.5 Å². The molecule has 3 aliphatic rings. The van der Waals surface area contributed by atoms with Crippen LogP contribution >= 0.6 is 0 Å². The van der Waals surface area contributed by atoms with E-state index in [1.54, 1.807) is 6.92 Å². The molecule has 2 saturated carbocycles. The van der Waals surface area contributed by atoms with Crippen LogP contribution in [0.3, 0.4) is 0 Å². The lowest BCUT2D eigenvalue weighted by atomic mass is 9.77. The SMILES string of the molecule is CC(=O)N[C@@H]1C[C@@H]2CN(C(=O)c3cn(C)c4ccccc34)C[C@@H]2C[C@H]1OCC1CC1. The van der Waals surface area contributed by atoms with Crippen LogP contribution < -0.4 is 5.32 Å². The Morgan fingerprint density at radius 2 is 1.87 bits per heavy atom. The Hall–Kier alpha value is -2.34. The number of aryl methyl sites for hydroxylation is 1. The molecule has 0 radical (unpaired) electrons. The molecular weight excluding hydrogens is 378 g/mol. The van der Waals surface area contributed by atoms with Gasteiger partial charge in [0.25, 0.3) is 5.91 Å². The number of nitrogens with one attached hydrogen (secondary N) is 1. The minimum absolute atomic E-state index is 0.000145. The van der Waals surface area contributed by atoms with E-state index >= 15 is 0 Å². The molecule has 1 aliphatic heterocycles. The first-order valence-electron chi connectivity index (χ1n) is 11.2. The van der Waals surface area contributed by atoms with Crippen LogP contribution in [0.5, 0.6) is 0 Å². The number of para-hydroxylation sites is 1. The van der Waals surface area contributed by atoms with Crippen molar-refractivity contribution in [2.24, 2.45) is 24.8 Å². The fraction of sp³-hybridized carbons (Fsp3) is 0.583. The van der Waals surface area contributed by atoms with Gasteiger partial charge in [0, 0.05) is 50.8 Å². The maximum Gasteiger partial charge on any atom is 0.256 e. The molecule has 6 heteroatoms. The molecule has 2 aromatic rings. The second-order valence-corrected chi connectivity index (χ2v) is 9.49. The second kappa shape index (κ2) is 7.73. The van der Waals surface area contributed by atoms with Crippen molar-refractivity contribution >= 4 is 22.7 Å². The Balaban J connectivity index is 1.31. The lowest BCUT2D eigenvalue weighted by molar-refractivity contribution is -0.122. The number of hydrogen-bond acceptors (Lipinski definition) is 3. The number of ether oxygens (including phenoxy) is 1. The number of amides is 2. The Morgan fingerprint density at radius 1 is 1.13 bits per heavy atom. The van der Waals surface area contributed by atoms with Crippen LogP contribution in [0.4, 0.5) is 0 Å². The maximum atomic E-state index is 13.4. The van der Waals surface area contributed by atoms with Crippen molar-refractivity contribution in [1.29, 1.82) is 0 Å². The molecule has 2 amide bonds. The third-order valence-electron chi connectivity index (χ3n) is 7.16. The van der Waals surface area contributed by atoms with Gasteiger partial charge < -0.3 is 19.5 Å². The summed E-state index contributed by atoms with van der Waals surface area (Å²) >= 11 is 0. The average Bonchev–Trinajstić information content (AvgIpc) is 3.37. The van der Waals surface area contributed by atoms with Gasteiger partial charge in [-0.2, -0.15) is 0 Å². The van der Waals surface area contributed by atoms with Gasteiger partial charge in [-0.3, -0.25) is 9.59 Å². The molecule has 2 aliphatic carbocycles. The van der Waals surface area contributed by atoms with E-state index in [0.29, 0.717) is 17.8 Å². The molecule has 1 saturated heterocycles. The summed E-state index contributed by atoms with van der Waals surface area (Å²) in [7, 11) is 1.99. The molecule has 0 spiro atoms. The highest BCUT2D eigenvalue weighted by Gasteiger charge is 2.44. The van der Waals surface area contributed by atoms with Crippen LogP contribution in [0.2, 0.25) is 0 Å². The van der Waals surface area contributed by atoms with Crippen molar-refractivity contribution in [3.05, 3.63) is 36.0 Å².